The van der Waals surface area contributed by atoms with Gasteiger partial charge in [0.2, 0.25) is 0 Å². The monoisotopic (exact) mass is 193 g/mol. The van der Waals surface area contributed by atoms with Crippen molar-refractivity contribution >= 4 is 54.9 Å². The van der Waals surface area contributed by atoms with Crippen molar-refractivity contribution in [3.63, 3.8) is 0 Å². The Kier molecular flexibility index (Phi) is 25.8. The van der Waals surface area contributed by atoms with Gasteiger partial charge in [0.1, 0.15) is 0 Å². The van der Waals surface area contributed by atoms with Gasteiger partial charge in [-0.1, -0.05) is 13.2 Å². The summed E-state index contributed by atoms with van der Waals surface area (Å²) in [5, 5.41) is 15.4. The Bertz CT molecular complexity index is 182. The topological polar surface area (TPSA) is 61.1 Å². The van der Waals surface area contributed by atoms with E-state index in [0.717, 1.165) is 55.0 Å². The molecule has 0 radical (unpaired) electrons. The van der Waals surface area contributed by atoms with Crippen molar-refractivity contribution in [2.75, 3.05) is 0 Å². The molecule has 0 rings (SSSR count). The molecule has 1 N–H and O–H groups in total. The number of aliphatic carboxylic acids is 1. The Hall–Kier alpha value is 0.0764. The Balaban J connectivity index is -0.000000112. The van der Waals surface area contributed by atoms with Crippen LogP contribution in [0.25, 0.3) is 0 Å². The SMILES string of the molecule is C=C(C)C#N.C=CC(=O)O.[CH3][K]. The van der Waals surface area contributed by atoms with Crippen molar-refractivity contribution in [3.05, 3.63) is 24.8 Å². The van der Waals surface area contributed by atoms with Gasteiger partial charge in [0.25, 0.3) is 0 Å². The van der Waals surface area contributed by atoms with Crippen molar-refractivity contribution in [3.8, 4) is 6.07 Å². The molecule has 0 saturated carbocycles. The average molecular weight is 193 g/mol. The minimum absolute atomic E-state index is 0.560. The second kappa shape index (κ2) is 17.2. The fourth-order valence-electron chi connectivity index (χ4n) is 0. The second-order valence-corrected chi connectivity index (χ2v) is 1.43. The van der Waals surface area contributed by atoms with E-state index in [9.17, 15) is 4.79 Å². The predicted molar refractivity (Wildman–Crippen MR) is 49.9 cm³/mol. The van der Waals surface area contributed by atoms with Gasteiger partial charge in [-0.25, -0.2) is 4.79 Å². The minimum atomic E-state index is -0.981. The molecule has 62 valence electrons. The summed E-state index contributed by atoms with van der Waals surface area (Å²) < 4.78 is 2.19. The van der Waals surface area contributed by atoms with Gasteiger partial charge >= 0.3 is 55.9 Å². The first-order valence-electron chi connectivity index (χ1n) is 3.45. The van der Waals surface area contributed by atoms with E-state index in [4.69, 9.17) is 10.4 Å². The summed E-state index contributed by atoms with van der Waals surface area (Å²) in [5.41, 5.74) is 0.560. The van der Waals surface area contributed by atoms with E-state index in [0.29, 0.717) is 5.57 Å². The Labute approximate surface area is 107 Å². The Morgan fingerprint density at radius 1 is 1.67 bits per heavy atom. The number of allylic oxidation sites excluding steroid dienone is 1. The van der Waals surface area contributed by atoms with E-state index in [1.165, 1.54) is 0 Å². The molecule has 0 amide bonds. The molecule has 3 nitrogen and oxygen atoms in total. The molecular weight excluding hydrogens is 181 g/mol. The van der Waals surface area contributed by atoms with Crippen LogP contribution in [-0.2, 0) is 4.79 Å². The summed E-state index contributed by atoms with van der Waals surface area (Å²) in [6.07, 6.45) is 0.833. The molecule has 4 heteroatoms. The molecule has 0 aromatic rings. The summed E-state index contributed by atoms with van der Waals surface area (Å²) in [5.74, 6) is -0.981. The van der Waals surface area contributed by atoms with E-state index in [1.54, 1.807) is 6.92 Å². The van der Waals surface area contributed by atoms with Crippen LogP contribution in [0.3, 0.4) is 0 Å². The maximum absolute atomic E-state index is 9.25. The molecule has 0 aromatic carbocycles. The van der Waals surface area contributed by atoms with Gasteiger partial charge in [-0.15, -0.1) is 0 Å². The van der Waals surface area contributed by atoms with Crippen molar-refractivity contribution in [2.24, 2.45) is 0 Å². The van der Waals surface area contributed by atoms with Gasteiger partial charge in [-0.2, -0.15) is 5.26 Å². The molecule has 0 aliphatic carbocycles. The van der Waals surface area contributed by atoms with Gasteiger partial charge in [0.05, 0.1) is 6.07 Å². The van der Waals surface area contributed by atoms with Crippen molar-refractivity contribution in [2.45, 2.75) is 7.94 Å². The number of nitriles is 1. The zero-order valence-electron chi connectivity index (χ0n) is 7.79. The third-order valence-electron chi connectivity index (χ3n) is 0.365. The van der Waals surface area contributed by atoms with Crippen LogP contribution >= 0.6 is 0 Å². The number of nitrogens with zero attached hydrogens (tertiary/aromatic N) is 1. The first-order valence-corrected chi connectivity index (χ1v) is 6.57. The van der Waals surface area contributed by atoms with Crippen molar-refractivity contribution < 1.29 is 9.90 Å². The van der Waals surface area contributed by atoms with Gasteiger partial charge in [0, 0.05) is 11.6 Å². The third kappa shape index (κ3) is 50.0. The predicted octanol–water partition coefficient (Wildman–Crippen LogP) is 1.55. The molecule has 12 heavy (non-hydrogen) atoms. The fraction of sp³-hybridized carbons (Fsp3) is 0.250. The number of carboxylic acid groups (broad SMARTS) is 1. The molecule has 0 aromatic heterocycles. The Morgan fingerprint density at radius 3 is 1.83 bits per heavy atom. The summed E-state index contributed by atoms with van der Waals surface area (Å²) in [6.45, 7) is 7.94. The first kappa shape index (κ1) is 18.0. The summed E-state index contributed by atoms with van der Waals surface area (Å²) >= 11 is 1.06. The van der Waals surface area contributed by atoms with Crippen LogP contribution in [0.15, 0.2) is 24.8 Å². The molecular formula is C8H12KNO2. The average Bonchev–Trinajstić information content (AvgIpc) is 2.09. The number of hydrogen-bond donors (Lipinski definition) is 1. The zero-order chi connectivity index (χ0) is 10.6. The van der Waals surface area contributed by atoms with Gasteiger partial charge in [-0.3, -0.25) is 0 Å². The number of hydrogen-bond acceptors (Lipinski definition) is 2. The molecule has 0 spiro atoms. The molecule has 0 unspecified atom stereocenters. The van der Waals surface area contributed by atoms with Crippen LogP contribution in [0.2, 0.25) is 1.02 Å². The van der Waals surface area contributed by atoms with Crippen LogP contribution in [0, 0.1) is 11.3 Å². The van der Waals surface area contributed by atoms with Crippen molar-refractivity contribution in [1.82, 2.24) is 0 Å². The van der Waals surface area contributed by atoms with Crippen LogP contribution in [-0.4, -0.2) is 60.0 Å². The molecule has 0 bridgehead atoms. The van der Waals surface area contributed by atoms with Crippen molar-refractivity contribution in [1.29, 1.82) is 5.26 Å². The van der Waals surface area contributed by atoms with E-state index < -0.39 is 5.97 Å². The molecule has 0 aliphatic heterocycles. The number of carbonyl (C=O) groups is 1. The molecule has 0 saturated heterocycles. The summed E-state index contributed by atoms with van der Waals surface area (Å²) in [4.78, 5) is 9.25. The molecule has 0 aliphatic rings. The second-order valence-electron chi connectivity index (χ2n) is 1.43. The van der Waals surface area contributed by atoms with Gasteiger partial charge in [0.15, 0.2) is 0 Å². The summed E-state index contributed by atoms with van der Waals surface area (Å²) in [7, 11) is 0. The standard InChI is InChI=1S/C4H5N.C3H4O2.CH3.K/c1-4(2)3-5;1-2-3(4)5;;/h1H2,2H3;2H,1H2,(H,4,5);1H3;. The fourth-order valence-corrected chi connectivity index (χ4v) is 0. The van der Waals surface area contributed by atoms with Gasteiger partial charge in [-0.05, 0) is 6.92 Å². The zero-order valence-corrected chi connectivity index (χ0v) is 10.9. The van der Waals surface area contributed by atoms with Crippen LogP contribution in [0.4, 0.5) is 0 Å². The number of rotatable bonds is 1. The summed E-state index contributed by atoms with van der Waals surface area (Å²) in [6, 6.07) is 1.83. The first-order chi connectivity index (χ1) is 5.54. The van der Waals surface area contributed by atoms with E-state index >= 15 is 0 Å². The molecule has 0 heterocycles. The number of carboxylic acids is 1. The third-order valence-corrected chi connectivity index (χ3v) is 0.365. The quantitative estimate of drug-likeness (QED) is 0.390. The molecule has 0 atom stereocenters. The maximum atomic E-state index is 9.25. The normalized spacial score (nSPS) is 5.58. The van der Waals surface area contributed by atoms with E-state index in [1.807, 2.05) is 6.07 Å². The van der Waals surface area contributed by atoms with E-state index in [-0.39, 0.29) is 0 Å². The Morgan fingerprint density at radius 2 is 1.83 bits per heavy atom. The van der Waals surface area contributed by atoms with Crippen LogP contribution < -0.4 is 0 Å². The van der Waals surface area contributed by atoms with E-state index in [2.05, 4.69) is 14.2 Å². The van der Waals surface area contributed by atoms with Gasteiger partial charge < -0.3 is 5.11 Å². The molecule has 0 fully saturated rings. The van der Waals surface area contributed by atoms with Crippen LogP contribution in [0.5, 0.6) is 0 Å². The van der Waals surface area contributed by atoms with Crippen LogP contribution in [0.1, 0.15) is 6.92 Å².